The highest BCUT2D eigenvalue weighted by Crippen LogP contribution is 2.37. The number of amidine groups is 1. The van der Waals surface area contributed by atoms with Crippen LogP contribution in [-0.2, 0) is 0 Å². The van der Waals surface area contributed by atoms with Crippen molar-refractivity contribution in [2.45, 2.75) is 13.0 Å². The normalized spacial score (nSPS) is 16.8. The second-order valence-electron chi connectivity index (χ2n) is 6.97. The molecule has 0 fully saturated rings. The van der Waals surface area contributed by atoms with Crippen molar-refractivity contribution in [1.82, 2.24) is 4.98 Å². The second-order valence-corrected chi connectivity index (χ2v) is 7.83. The van der Waals surface area contributed by atoms with Gasteiger partial charge in [0, 0.05) is 36.4 Å². The molecule has 6 heteroatoms. The lowest BCUT2D eigenvalue weighted by Crippen LogP contribution is -2.33. The molecule has 28 heavy (non-hydrogen) atoms. The highest BCUT2D eigenvalue weighted by molar-refractivity contribution is 7.11. The Kier molecular flexibility index (Phi) is 4.65. The van der Waals surface area contributed by atoms with E-state index in [4.69, 9.17) is 5.41 Å². The van der Waals surface area contributed by atoms with E-state index in [1.165, 1.54) is 11.3 Å². The van der Waals surface area contributed by atoms with Crippen molar-refractivity contribution in [3.63, 3.8) is 0 Å². The third-order valence-corrected chi connectivity index (χ3v) is 5.81. The van der Waals surface area contributed by atoms with Crippen molar-refractivity contribution in [3.05, 3.63) is 70.7 Å². The van der Waals surface area contributed by atoms with E-state index >= 15 is 0 Å². The summed E-state index contributed by atoms with van der Waals surface area (Å²) >= 11 is 1.45. The summed E-state index contributed by atoms with van der Waals surface area (Å²) in [4.78, 5) is 8.56. The lowest BCUT2D eigenvalue weighted by molar-refractivity contribution is 0.384. The molecule has 1 aliphatic heterocycles. The number of aliphatic hydroxyl groups is 1. The van der Waals surface area contributed by atoms with Crippen molar-refractivity contribution in [1.29, 1.82) is 5.41 Å². The molecule has 1 aliphatic rings. The third-order valence-electron chi connectivity index (χ3n) is 4.95. The number of aliphatic hydroxyl groups excluding tert-OH is 1. The summed E-state index contributed by atoms with van der Waals surface area (Å²) < 4.78 is 0. The number of aromatic nitrogens is 1. The summed E-state index contributed by atoms with van der Waals surface area (Å²) in [6, 6.07) is 17.6. The van der Waals surface area contributed by atoms with Crippen molar-refractivity contribution in [2.75, 3.05) is 23.9 Å². The van der Waals surface area contributed by atoms with Gasteiger partial charge < -0.3 is 14.9 Å². The van der Waals surface area contributed by atoms with Crippen LogP contribution in [0.3, 0.4) is 0 Å². The summed E-state index contributed by atoms with van der Waals surface area (Å²) in [5, 5.41) is 22.1. The first-order valence-corrected chi connectivity index (χ1v) is 9.95. The minimum absolute atomic E-state index is 0.190. The molecule has 5 nitrogen and oxygen atoms in total. The lowest BCUT2D eigenvalue weighted by atomic mass is 10.2. The van der Waals surface area contributed by atoms with Gasteiger partial charge in [0.05, 0.1) is 17.3 Å². The standard InChI is InChI=1S/C22H22N4OS/c1-14-20(27)19(22-24-18(13-28-22)15-7-5-4-6-8-15)21(23)26(14)17-11-9-16(10-12-17)25(2)3/h4-14,23,27H,1-3H3. The minimum atomic E-state index is -0.309. The van der Waals surface area contributed by atoms with Crippen LogP contribution in [0.25, 0.3) is 16.8 Å². The molecule has 3 aromatic rings. The largest absolute Gasteiger partial charge is 0.509 e. The molecule has 0 spiro atoms. The molecule has 1 aromatic heterocycles. The molecule has 0 aliphatic carbocycles. The van der Waals surface area contributed by atoms with Gasteiger partial charge in [0.15, 0.2) is 0 Å². The number of hydrogen-bond donors (Lipinski definition) is 2. The molecule has 2 N–H and O–H groups in total. The first-order valence-electron chi connectivity index (χ1n) is 9.07. The van der Waals surface area contributed by atoms with E-state index in [0.29, 0.717) is 10.6 Å². The van der Waals surface area contributed by atoms with Crippen LogP contribution in [0.1, 0.15) is 11.9 Å². The van der Waals surface area contributed by atoms with E-state index < -0.39 is 0 Å². The van der Waals surface area contributed by atoms with Gasteiger partial charge in [0.1, 0.15) is 16.6 Å². The van der Waals surface area contributed by atoms with Gasteiger partial charge in [-0.05, 0) is 31.2 Å². The fraction of sp³-hybridized carbons (Fsp3) is 0.182. The first kappa shape index (κ1) is 18.3. The van der Waals surface area contributed by atoms with Crippen molar-refractivity contribution in [2.24, 2.45) is 0 Å². The van der Waals surface area contributed by atoms with Crippen molar-refractivity contribution in [3.8, 4) is 11.3 Å². The number of anilines is 2. The predicted octanol–water partition coefficient (Wildman–Crippen LogP) is 5.03. The van der Waals surface area contributed by atoms with E-state index in [0.717, 1.165) is 22.6 Å². The third kappa shape index (κ3) is 3.05. The Morgan fingerprint density at radius 2 is 1.75 bits per heavy atom. The van der Waals surface area contributed by atoms with Crippen LogP contribution >= 0.6 is 11.3 Å². The molecule has 0 saturated heterocycles. The molecule has 2 heterocycles. The van der Waals surface area contributed by atoms with Gasteiger partial charge in [0.25, 0.3) is 0 Å². The van der Waals surface area contributed by atoms with Crippen LogP contribution in [0.2, 0.25) is 0 Å². The van der Waals surface area contributed by atoms with Gasteiger partial charge in [-0.2, -0.15) is 0 Å². The topological polar surface area (TPSA) is 63.5 Å². The van der Waals surface area contributed by atoms with Crippen LogP contribution in [0.15, 0.2) is 65.7 Å². The monoisotopic (exact) mass is 390 g/mol. The molecular weight excluding hydrogens is 368 g/mol. The van der Waals surface area contributed by atoms with Crippen LogP contribution in [-0.4, -0.2) is 36.1 Å². The van der Waals surface area contributed by atoms with Gasteiger partial charge in [-0.15, -0.1) is 11.3 Å². The smallest absolute Gasteiger partial charge is 0.139 e. The van der Waals surface area contributed by atoms with E-state index in [1.807, 2.05) is 90.8 Å². The zero-order valence-corrected chi connectivity index (χ0v) is 16.9. The molecule has 0 saturated carbocycles. The molecular formula is C22H22N4OS. The maximum Gasteiger partial charge on any atom is 0.139 e. The molecule has 4 rings (SSSR count). The number of nitrogens with zero attached hydrogens (tertiary/aromatic N) is 3. The Morgan fingerprint density at radius 3 is 2.39 bits per heavy atom. The molecule has 142 valence electrons. The van der Waals surface area contributed by atoms with E-state index in [9.17, 15) is 5.11 Å². The van der Waals surface area contributed by atoms with Gasteiger partial charge >= 0.3 is 0 Å². The number of nitrogens with one attached hydrogen (secondary N) is 1. The summed E-state index contributed by atoms with van der Waals surface area (Å²) in [6.07, 6.45) is 0. The van der Waals surface area contributed by atoms with Crippen LogP contribution in [0.4, 0.5) is 11.4 Å². The average Bonchev–Trinajstić information content (AvgIpc) is 3.26. The second kappa shape index (κ2) is 7.13. The van der Waals surface area contributed by atoms with E-state index in [1.54, 1.807) is 0 Å². The number of hydrogen-bond acceptors (Lipinski definition) is 5. The fourth-order valence-electron chi connectivity index (χ4n) is 3.37. The van der Waals surface area contributed by atoms with Crippen molar-refractivity contribution >= 4 is 34.1 Å². The van der Waals surface area contributed by atoms with Gasteiger partial charge in [-0.3, -0.25) is 5.41 Å². The zero-order chi connectivity index (χ0) is 19.8. The number of benzene rings is 2. The summed E-state index contributed by atoms with van der Waals surface area (Å²) in [7, 11) is 3.99. The molecule has 1 atom stereocenters. The predicted molar refractivity (Wildman–Crippen MR) is 118 cm³/mol. The Balaban J connectivity index is 1.66. The first-order chi connectivity index (χ1) is 13.5. The van der Waals surface area contributed by atoms with Crippen LogP contribution in [0, 0.1) is 5.41 Å². The van der Waals surface area contributed by atoms with Crippen LogP contribution in [0.5, 0.6) is 0 Å². The zero-order valence-electron chi connectivity index (χ0n) is 16.0. The highest BCUT2D eigenvalue weighted by Gasteiger charge is 2.37. The van der Waals surface area contributed by atoms with Gasteiger partial charge in [0.2, 0.25) is 0 Å². The Labute approximate surface area is 168 Å². The van der Waals surface area contributed by atoms with Gasteiger partial charge in [-0.25, -0.2) is 4.98 Å². The van der Waals surface area contributed by atoms with Crippen LogP contribution < -0.4 is 9.80 Å². The Hall–Kier alpha value is -3.12. The molecule has 0 radical (unpaired) electrons. The minimum Gasteiger partial charge on any atom is -0.509 e. The number of thiazole rings is 1. The summed E-state index contributed by atoms with van der Waals surface area (Å²) in [5.74, 6) is 0.465. The molecule has 2 aromatic carbocycles. The Morgan fingerprint density at radius 1 is 1.07 bits per heavy atom. The Bertz CT molecular complexity index is 1040. The molecule has 0 amide bonds. The fourth-order valence-corrected chi connectivity index (χ4v) is 4.25. The van der Waals surface area contributed by atoms with Gasteiger partial charge in [-0.1, -0.05) is 30.3 Å². The lowest BCUT2D eigenvalue weighted by Gasteiger charge is -2.25. The quantitative estimate of drug-likeness (QED) is 0.656. The van der Waals surface area contributed by atoms with E-state index in [2.05, 4.69) is 4.98 Å². The summed E-state index contributed by atoms with van der Waals surface area (Å²) in [5.41, 5.74) is 4.36. The molecule has 1 unspecified atom stereocenters. The summed E-state index contributed by atoms with van der Waals surface area (Å²) in [6.45, 7) is 1.91. The van der Waals surface area contributed by atoms with Crippen molar-refractivity contribution < 1.29 is 5.11 Å². The highest BCUT2D eigenvalue weighted by atomic mass is 32.1. The van der Waals surface area contributed by atoms with E-state index in [-0.39, 0.29) is 17.6 Å². The number of rotatable bonds is 4. The molecule has 0 bridgehead atoms. The maximum absolute atomic E-state index is 10.8. The maximum atomic E-state index is 10.8. The SMILES string of the molecule is CC1C(O)=C(c2nc(-c3ccccc3)cs2)C(=N)N1c1ccc(N(C)C)cc1. The average molecular weight is 391 g/mol.